The third-order valence-corrected chi connectivity index (χ3v) is 6.14. The monoisotopic (exact) mass is 408 g/mol. The molecule has 1 aliphatic heterocycles. The molecule has 134 valence electrons. The van der Waals surface area contributed by atoms with Gasteiger partial charge in [-0.15, -0.1) is 0 Å². The lowest BCUT2D eigenvalue weighted by Gasteiger charge is -2.27. The number of nitrogens with zero attached hydrogens (tertiary/aromatic N) is 1. The number of hydrogen-bond acceptors (Lipinski definition) is 5. The maximum absolute atomic E-state index is 12.0. The predicted octanol–water partition coefficient (Wildman–Crippen LogP) is 4.95. The molecule has 26 heavy (non-hydrogen) atoms. The van der Waals surface area contributed by atoms with E-state index in [2.05, 4.69) is 10.3 Å². The van der Waals surface area contributed by atoms with Crippen molar-refractivity contribution in [3.8, 4) is 11.5 Å². The number of ether oxygens (including phenoxy) is 1. The van der Waals surface area contributed by atoms with Gasteiger partial charge >= 0.3 is 0 Å². The molecular weight excluding hydrogens is 395 g/mol. The van der Waals surface area contributed by atoms with Gasteiger partial charge in [0.15, 0.2) is 0 Å². The lowest BCUT2D eigenvalue weighted by Crippen LogP contribution is -2.30. The van der Waals surface area contributed by atoms with E-state index in [0.717, 1.165) is 42.3 Å². The number of fused-ring (bicyclic) bond motifs is 1. The van der Waals surface area contributed by atoms with E-state index in [4.69, 9.17) is 27.9 Å². The molecule has 1 aliphatic carbocycles. The number of nitrogens with one attached hydrogen (secondary N) is 1. The van der Waals surface area contributed by atoms with Gasteiger partial charge in [-0.3, -0.25) is 19.9 Å². The minimum atomic E-state index is -0.411. The summed E-state index contributed by atoms with van der Waals surface area (Å²) in [5.41, 5.74) is 1.91. The Morgan fingerprint density at radius 2 is 2.08 bits per heavy atom. The van der Waals surface area contributed by atoms with Crippen molar-refractivity contribution in [3.63, 3.8) is 0 Å². The van der Waals surface area contributed by atoms with E-state index in [1.807, 2.05) is 6.07 Å². The minimum Gasteiger partial charge on any atom is -0.454 e. The van der Waals surface area contributed by atoms with Crippen LogP contribution in [0.5, 0.6) is 11.5 Å². The van der Waals surface area contributed by atoms with Crippen molar-refractivity contribution in [2.24, 2.45) is 0 Å². The van der Waals surface area contributed by atoms with Crippen molar-refractivity contribution >= 4 is 46.1 Å². The molecule has 2 heterocycles. The molecule has 1 aromatic carbocycles. The van der Waals surface area contributed by atoms with Gasteiger partial charge in [0.2, 0.25) is 5.91 Å². The zero-order valence-electron chi connectivity index (χ0n) is 13.5. The fourth-order valence-corrected chi connectivity index (χ4v) is 4.79. The second-order valence-electron chi connectivity index (χ2n) is 6.21. The highest BCUT2D eigenvalue weighted by molar-refractivity contribution is 8.15. The summed E-state index contributed by atoms with van der Waals surface area (Å²) in [5.74, 6) is 0.783. The molecule has 1 N–H and O–H groups in total. The van der Waals surface area contributed by atoms with Crippen LogP contribution in [-0.2, 0) is 11.2 Å². The number of hydrogen-bond donors (Lipinski definition) is 1. The van der Waals surface area contributed by atoms with Gasteiger partial charge in [-0.2, -0.15) is 0 Å². The van der Waals surface area contributed by atoms with E-state index in [9.17, 15) is 9.59 Å². The molecule has 2 aliphatic rings. The molecule has 1 unspecified atom stereocenters. The van der Waals surface area contributed by atoms with Gasteiger partial charge in [-0.25, -0.2) is 0 Å². The summed E-state index contributed by atoms with van der Waals surface area (Å²) < 4.78 is 5.84. The number of pyridine rings is 1. The second-order valence-corrected chi connectivity index (χ2v) is 8.16. The predicted molar refractivity (Wildman–Crippen MR) is 101 cm³/mol. The van der Waals surface area contributed by atoms with E-state index in [1.54, 1.807) is 24.4 Å². The first kappa shape index (κ1) is 17.6. The smallest absolute Gasteiger partial charge is 0.286 e. The van der Waals surface area contributed by atoms with Crippen LogP contribution in [0.15, 0.2) is 30.5 Å². The van der Waals surface area contributed by atoms with Crippen LogP contribution in [0.1, 0.15) is 30.0 Å². The van der Waals surface area contributed by atoms with Crippen LogP contribution in [0.25, 0.3) is 0 Å². The largest absolute Gasteiger partial charge is 0.454 e. The van der Waals surface area contributed by atoms with Gasteiger partial charge in [-0.05, 0) is 49.1 Å². The normalized spacial score (nSPS) is 22.1. The van der Waals surface area contributed by atoms with E-state index in [-0.39, 0.29) is 17.1 Å². The number of carbonyl (C=O) groups excluding carboxylic acids is 2. The molecule has 1 aromatic heterocycles. The maximum atomic E-state index is 12.0. The Hall–Kier alpha value is -1.76. The zero-order valence-corrected chi connectivity index (χ0v) is 15.8. The summed E-state index contributed by atoms with van der Waals surface area (Å²) >= 11 is 13.1. The average Bonchev–Trinajstić information content (AvgIpc) is 2.95. The SMILES string of the molecule is O=C1NC(=O)C([C@@H]2CCCc3cc(Oc4ccc(Cl)cc4Cl)cnc32)S1. The number of thioether (sulfide) groups is 1. The van der Waals surface area contributed by atoms with E-state index in [1.165, 1.54) is 0 Å². The Kier molecular flexibility index (Phi) is 4.82. The Morgan fingerprint density at radius 1 is 1.23 bits per heavy atom. The Balaban J connectivity index is 1.60. The molecule has 2 atom stereocenters. The van der Waals surface area contributed by atoms with Crippen molar-refractivity contribution in [1.82, 2.24) is 10.3 Å². The van der Waals surface area contributed by atoms with Crippen molar-refractivity contribution in [2.75, 3.05) is 0 Å². The lowest BCUT2D eigenvalue weighted by molar-refractivity contribution is -0.119. The van der Waals surface area contributed by atoms with Gasteiger partial charge in [0, 0.05) is 16.6 Å². The maximum Gasteiger partial charge on any atom is 0.286 e. The summed E-state index contributed by atoms with van der Waals surface area (Å²) in [5, 5.41) is 2.62. The highest BCUT2D eigenvalue weighted by atomic mass is 35.5. The number of benzene rings is 1. The number of imide groups is 1. The number of halogens is 2. The van der Waals surface area contributed by atoms with Crippen molar-refractivity contribution in [1.29, 1.82) is 0 Å². The van der Waals surface area contributed by atoms with Gasteiger partial charge in [0.05, 0.1) is 11.2 Å². The molecule has 1 fully saturated rings. The number of aryl methyl sites for hydroxylation is 1. The van der Waals surface area contributed by atoms with Crippen LogP contribution in [0.2, 0.25) is 10.0 Å². The van der Waals surface area contributed by atoms with Gasteiger partial charge in [0.1, 0.15) is 16.7 Å². The first-order chi connectivity index (χ1) is 12.5. The Bertz CT molecular complexity index is 906. The third kappa shape index (κ3) is 3.41. The van der Waals surface area contributed by atoms with Crippen molar-refractivity contribution < 1.29 is 14.3 Å². The Labute approximate surface area is 164 Å². The van der Waals surface area contributed by atoms with Crippen LogP contribution in [-0.4, -0.2) is 21.4 Å². The fourth-order valence-electron chi connectivity index (χ4n) is 3.35. The standard InChI is InChI=1S/C18H14Cl2N2O3S/c19-10-4-5-14(13(20)7-10)25-11-6-9-2-1-3-12(15(9)21-8-11)16-17(23)22-18(24)26-16/h4-8,12,16H,1-3H2,(H,22,23,24)/t12-,16?/m1/s1. The summed E-state index contributed by atoms with van der Waals surface area (Å²) in [7, 11) is 0. The first-order valence-corrected chi connectivity index (χ1v) is 9.78. The number of rotatable bonds is 3. The average molecular weight is 409 g/mol. The molecule has 0 saturated carbocycles. The molecule has 1 saturated heterocycles. The van der Waals surface area contributed by atoms with Crippen LogP contribution in [0.3, 0.4) is 0 Å². The number of aromatic nitrogens is 1. The highest BCUT2D eigenvalue weighted by Gasteiger charge is 2.41. The number of amides is 2. The summed E-state index contributed by atoms with van der Waals surface area (Å²) in [6, 6.07) is 6.96. The molecule has 0 spiro atoms. The van der Waals surface area contributed by atoms with Crippen LogP contribution in [0, 0.1) is 0 Å². The van der Waals surface area contributed by atoms with Gasteiger partial charge in [-0.1, -0.05) is 35.0 Å². The van der Waals surface area contributed by atoms with Crippen molar-refractivity contribution in [2.45, 2.75) is 30.4 Å². The minimum absolute atomic E-state index is 0.0663. The molecule has 4 rings (SSSR count). The molecule has 0 radical (unpaired) electrons. The molecule has 8 heteroatoms. The molecular formula is C18H14Cl2N2O3S. The molecule has 2 amide bonds. The topological polar surface area (TPSA) is 68.3 Å². The quantitative estimate of drug-likeness (QED) is 0.777. The van der Waals surface area contributed by atoms with E-state index < -0.39 is 5.25 Å². The molecule has 2 aromatic rings. The van der Waals surface area contributed by atoms with Crippen LogP contribution in [0.4, 0.5) is 4.79 Å². The van der Waals surface area contributed by atoms with Gasteiger partial charge in [0.25, 0.3) is 5.24 Å². The van der Waals surface area contributed by atoms with Crippen LogP contribution < -0.4 is 10.1 Å². The molecule has 0 bridgehead atoms. The summed E-state index contributed by atoms with van der Waals surface area (Å²) in [6.07, 6.45) is 4.25. The second kappa shape index (κ2) is 7.10. The van der Waals surface area contributed by atoms with E-state index in [0.29, 0.717) is 21.5 Å². The molecule has 5 nitrogen and oxygen atoms in total. The highest BCUT2D eigenvalue weighted by Crippen LogP contribution is 2.41. The third-order valence-electron chi connectivity index (χ3n) is 4.49. The lowest BCUT2D eigenvalue weighted by atomic mass is 9.84. The number of carbonyl (C=O) groups is 2. The Morgan fingerprint density at radius 3 is 2.81 bits per heavy atom. The fraction of sp³-hybridized carbons (Fsp3) is 0.278. The van der Waals surface area contributed by atoms with E-state index >= 15 is 0 Å². The van der Waals surface area contributed by atoms with Crippen LogP contribution >= 0.6 is 35.0 Å². The zero-order chi connectivity index (χ0) is 18.3. The van der Waals surface area contributed by atoms with Crippen molar-refractivity contribution in [3.05, 3.63) is 51.8 Å². The first-order valence-electron chi connectivity index (χ1n) is 8.14. The van der Waals surface area contributed by atoms with Gasteiger partial charge < -0.3 is 4.74 Å². The summed E-state index contributed by atoms with van der Waals surface area (Å²) in [4.78, 5) is 28.1. The summed E-state index contributed by atoms with van der Waals surface area (Å²) in [6.45, 7) is 0.